The van der Waals surface area contributed by atoms with Gasteiger partial charge in [0.05, 0.1) is 12.2 Å². The monoisotopic (exact) mass is 467 g/mol. The van der Waals surface area contributed by atoms with Crippen molar-refractivity contribution >= 4 is 0 Å². The summed E-state index contributed by atoms with van der Waals surface area (Å²) >= 11 is 0. The van der Waals surface area contributed by atoms with Gasteiger partial charge in [-0.05, 0) is 32.0 Å². The molecule has 0 saturated heterocycles. The van der Waals surface area contributed by atoms with Crippen LogP contribution in [0.2, 0.25) is 0 Å². The average molecular weight is 467 g/mol. The van der Waals surface area contributed by atoms with E-state index in [0.29, 0.717) is 6.42 Å². The van der Waals surface area contributed by atoms with E-state index in [1.54, 1.807) is 20.0 Å². The smallest absolute Gasteiger partial charge is 0.0536 e. The molecule has 0 aliphatic rings. The Kier molecular flexibility index (Phi) is 10.1. The van der Waals surface area contributed by atoms with Crippen LogP contribution in [0.3, 0.4) is 0 Å². The van der Waals surface area contributed by atoms with Gasteiger partial charge in [0, 0.05) is 27.3 Å². The van der Waals surface area contributed by atoms with Crippen molar-refractivity contribution in [2.24, 2.45) is 0 Å². The molecular weight excluding hydrogens is 445 g/mol. The molecular formula is C17H22NO2Pt-. The molecule has 0 amide bonds. The van der Waals surface area contributed by atoms with Crippen LogP contribution in [0.1, 0.15) is 25.8 Å². The molecule has 2 atom stereocenters. The van der Waals surface area contributed by atoms with Crippen LogP contribution in [0.25, 0.3) is 11.3 Å². The van der Waals surface area contributed by atoms with Crippen LogP contribution < -0.4 is 0 Å². The van der Waals surface area contributed by atoms with Crippen molar-refractivity contribution in [3.63, 3.8) is 0 Å². The molecule has 2 unspecified atom stereocenters. The zero-order valence-electron chi connectivity index (χ0n) is 12.6. The van der Waals surface area contributed by atoms with E-state index in [9.17, 15) is 0 Å². The van der Waals surface area contributed by atoms with Crippen molar-refractivity contribution in [1.82, 2.24) is 4.98 Å². The van der Waals surface area contributed by atoms with E-state index in [1.165, 1.54) is 5.56 Å². The molecule has 0 bridgehead atoms. The van der Waals surface area contributed by atoms with Crippen molar-refractivity contribution in [3.8, 4) is 11.3 Å². The number of aliphatic hydroxyl groups is 2. The van der Waals surface area contributed by atoms with Crippen molar-refractivity contribution in [3.05, 3.63) is 54.2 Å². The largest absolute Gasteiger partial charge is 0.393 e. The third-order valence-corrected chi connectivity index (χ3v) is 2.59. The molecule has 1 heterocycles. The van der Waals surface area contributed by atoms with Crippen LogP contribution in [0.15, 0.2) is 42.6 Å². The molecule has 21 heavy (non-hydrogen) atoms. The fourth-order valence-corrected chi connectivity index (χ4v) is 1.68. The second-order valence-electron chi connectivity index (χ2n) is 4.93. The number of hydrogen-bond acceptors (Lipinski definition) is 3. The molecule has 0 aliphatic heterocycles. The minimum atomic E-state index is -0.375. The quantitative estimate of drug-likeness (QED) is 0.683. The zero-order chi connectivity index (χ0) is 15.0. The Labute approximate surface area is 141 Å². The van der Waals surface area contributed by atoms with E-state index >= 15 is 0 Å². The molecule has 0 radical (unpaired) electrons. The Balaban J connectivity index is 0.000000436. The van der Waals surface area contributed by atoms with Crippen LogP contribution in [0.5, 0.6) is 0 Å². The molecule has 2 rings (SSSR count). The summed E-state index contributed by atoms with van der Waals surface area (Å²) in [6.07, 6.45) is 1.52. The molecule has 2 N–H and O–H groups in total. The van der Waals surface area contributed by atoms with Gasteiger partial charge in [0.2, 0.25) is 0 Å². The van der Waals surface area contributed by atoms with Crippen LogP contribution >= 0.6 is 0 Å². The van der Waals surface area contributed by atoms with E-state index in [1.807, 2.05) is 30.3 Å². The summed E-state index contributed by atoms with van der Waals surface area (Å²) in [5.41, 5.74) is 3.24. The van der Waals surface area contributed by atoms with E-state index in [-0.39, 0.29) is 33.3 Å². The van der Waals surface area contributed by atoms with Crippen molar-refractivity contribution < 1.29 is 31.3 Å². The molecule has 0 saturated carbocycles. The van der Waals surface area contributed by atoms with Crippen LogP contribution in [0, 0.1) is 13.0 Å². The van der Waals surface area contributed by atoms with Gasteiger partial charge in [0.1, 0.15) is 0 Å². The number of hydrogen-bond donors (Lipinski definition) is 2. The summed E-state index contributed by atoms with van der Waals surface area (Å²) in [6, 6.07) is 15.2. The van der Waals surface area contributed by atoms with Gasteiger partial charge in [-0.3, -0.25) is 0 Å². The molecule has 0 spiro atoms. The first-order valence-corrected chi connectivity index (χ1v) is 6.75. The maximum absolute atomic E-state index is 8.56. The first-order chi connectivity index (χ1) is 9.49. The Morgan fingerprint density at radius 1 is 1.10 bits per heavy atom. The predicted molar refractivity (Wildman–Crippen MR) is 81.2 cm³/mol. The normalized spacial score (nSPS) is 12.4. The summed E-state index contributed by atoms with van der Waals surface area (Å²) in [5.74, 6) is 0. The molecule has 1 aromatic heterocycles. The third-order valence-electron chi connectivity index (χ3n) is 2.59. The van der Waals surface area contributed by atoms with Gasteiger partial charge in [-0.2, -0.15) is 0 Å². The number of aromatic nitrogens is 1. The van der Waals surface area contributed by atoms with Gasteiger partial charge in [0.15, 0.2) is 0 Å². The molecule has 118 valence electrons. The van der Waals surface area contributed by atoms with Crippen LogP contribution in [0.4, 0.5) is 0 Å². The summed E-state index contributed by atoms with van der Waals surface area (Å²) in [7, 11) is 0. The van der Waals surface area contributed by atoms with Gasteiger partial charge in [-0.15, -0.1) is 35.4 Å². The Morgan fingerprint density at radius 3 is 2.14 bits per heavy atom. The number of benzene rings is 1. The SMILES string of the molecule is CC(O)CC(C)O.Cc1c[c-]c(-c2ccccn2)cc1.[Pt]. The summed E-state index contributed by atoms with van der Waals surface area (Å²) < 4.78 is 0. The van der Waals surface area contributed by atoms with Crippen LogP contribution in [-0.2, 0) is 21.1 Å². The molecule has 0 aliphatic carbocycles. The third kappa shape index (κ3) is 8.77. The zero-order valence-corrected chi connectivity index (χ0v) is 14.8. The number of rotatable bonds is 3. The maximum Gasteiger partial charge on any atom is 0.0536 e. The minimum Gasteiger partial charge on any atom is -0.393 e. The molecule has 0 fully saturated rings. The summed E-state index contributed by atoms with van der Waals surface area (Å²) in [6.45, 7) is 5.37. The summed E-state index contributed by atoms with van der Waals surface area (Å²) in [5, 5.41) is 17.1. The number of aryl methyl sites for hydroxylation is 1. The van der Waals surface area contributed by atoms with Gasteiger partial charge < -0.3 is 15.2 Å². The molecule has 4 heteroatoms. The average Bonchev–Trinajstić information content (AvgIpc) is 2.40. The first-order valence-electron chi connectivity index (χ1n) is 6.75. The Morgan fingerprint density at radius 2 is 1.76 bits per heavy atom. The van der Waals surface area contributed by atoms with E-state index in [2.05, 4.69) is 24.0 Å². The molecule has 1 aromatic carbocycles. The van der Waals surface area contributed by atoms with E-state index in [0.717, 1.165) is 11.3 Å². The first kappa shape index (κ1) is 20.0. The van der Waals surface area contributed by atoms with Gasteiger partial charge in [-0.25, -0.2) is 0 Å². The topological polar surface area (TPSA) is 53.4 Å². The predicted octanol–water partition coefficient (Wildman–Crippen LogP) is 2.99. The fraction of sp³-hybridized carbons (Fsp3) is 0.353. The van der Waals surface area contributed by atoms with Gasteiger partial charge in [-0.1, -0.05) is 19.1 Å². The van der Waals surface area contributed by atoms with Crippen molar-refractivity contribution in [2.75, 3.05) is 0 Å². The molecule has 3 nitrogen and oxygen atoms in total. The molecule has 2 aromatic rings. The number of nitrogens with zero attached hydrogens (tertiary/aromatic N) is 1. The Hall–Kier alpha value is -1.02. The van der Waals surface area contributed by atoms with E-state index in [4.69, 9.17) is 10.2 Å². The van der Waals surface area contributed by atoms with Gasteiger partial charge in [0.25, 0.3) is 0 Å². The van der Waals surface area contributed by atoms with E-state index < -0.39 is 0 Å². The van der Waals surface area contributed by atoms with Crippen molar-refractivity contribution in [1.29, 1.82) is 0 Å². The second kappa shape index (κ2) is 10.7. The fourth-order valence-electron chi connectivity index (χ4n) is 1.68. The maximum atomic E-state index is 8.56. The van der Waals surface area contributed by atoms with Crippen LogP contribution in [-0.4, -0.2) is 27.4 Å². The number of aliphatic hydroxyl groups excluding tert-OH is 2. The minimum absolute atomic E-state index is 0. The number of pyridine rings is 1. The second-order valence-corrected chi connectivity index (χ2v) is 4.93. The Bertz CT molecular complexity index is 478. The van der Waals surface area contributed by atoms with Crippen molar-refractivity contribution in [2.45, 2.75) is 39.4 Å². The van der Waals surface area contributed by atoms with Gasteiger partial charge >= 0.3 is 0 Å². The standard InChI is InChI=1S/C12H10N.C5H12O2.Pt/c1-10-5-7-11(8-6-10)12-4-2-3-9-13-12;1-4(6)3-5(2)7;/h2-7,9H,1H3;4-7H,3H2,1-2H3;/q-1;;. The summed E-state index contributed by atoms with van der Waals surface area (Å²) in [4.78, 5) is 4.25.